The van der Waals surface area contributed by atoms with Gasteiger partial charge in [0.2, 0.25) is 0 Å². The minimum absolute atomic E-state index is 0.0509. The average Bonchev–Trinajstić information content (AvgIpc) is 2.73. The molecule has 0 spiro atoms. The summed E-state index contributed by atoms with van der Waals surface area (Å²) in [6.45, 7) is 3.78. The fraction of sp³-hybridized carbons (Fsp3) is 0.231. The first-order valence-corrected chi connectivity index (χ1v) is 5.53. The Bertz CT molecular complexity index is 591. The Morgan fingerprint density at radius 2 is 2.06 bits per heavy atom. The summed E-state index contributed by atoms with van der Waals surface area (Å²) >= 11 is 0. The van der Waals surface area contributed by atoms with Gasteiger partial charge in [0.05, 0.1) is 11.3 Å². The molecule has 1 heterocycles. The van der Waals surface area contributed by atoms with Gasteiger partial charge in [-0.2, -0.15) is 5.10 Å². The van der Waals surface area contributed by atoms with Gasteiger partial charge in [-0.3, -0.25) is 4.79 Å². The normalized spacial score (nSPS) is 10.9. The number of hydrogen-bond acceptors (Lipinski definition) is 2. The monoisotopic (exact) mass is 250 g/mol. The highest BCUT2D eigenvalue weighted by Gasteiger charge is 2.14. The molecule has 1 aromatic heterocycles. The van der Waals surface area contributed by atoms with E-state index in [2.05, 4.69) is 5.10 Å². The molecule has 0 bridgehead atoms. The van der Waals surface area contributed by atoms with Crippen molar-refractivity contribution in [3.8, 4) is 5.69 Å². The zero-order chi connectivity index (χ0) is 13.3. The molecule has 0 saturated carbocycles. The van der Waals surface area contributed by atoms with Crippen molar-refractivity contribution >= 4 is 6.29 Å². The predicted molar refractivity (Wildman–Crippen MR) is 63.0 cm³/mol. The van der Waals surface area contributed by atoms with Crippen molar-refractivity contribution in [2.75, 3.05) is 0 Å². The molecule has 0 atom stereocenters. The van der Waals surface area contributed by atoms with E-state index in [9.17, 15) is 13.6 Å². The third kappa shape index (κ3) is 2.16. The Morgan fingerprint density at radius 3 is 2.56 bits per heavy atom. The number of benzene rings is 1. The van der Waals surface area contributed by atoms with Crippen molar-refractivity contribution in [3.05, 3.63) is 47.3 Å². The molecule has 0 amide bonds. The summed E-state index contributed by atoms with van der Waals surface area (Å²) in [4.78, 5) is 10.9. The number of halogens is 2. The van der Waals surface area contributed by atoms with Crippen molar-refractivity contribution in [2.45, 2.75) is 19.8 Å². The number of nitrogens with zero attached hydrogens (tertiary/aromatic N) is 2. The van der Waals surface area contributed by atoms with Gasteiger partial charge in [0, 0.05) is 12.3 Å². The van der Waals surface area contributed by atoms with Crippen LogP contribution >= 0.6 is 0 Å². The van der Waals surface area contributed by atoms with Crippen LogP contribution in [0.2, 0.25) is 0 Å². The molecule has 3 nitrogen and oxygen atoms in total. The van der Waals surface area contributed by atoms with Gasteiger partial charge in [0.15, 0.2) is 12.1 Å². The Hall–Kier alpha value is -2.04. The molecule has 2 rings (SSSR count). The minimum atomic E-state index is -0.717. The summed E-state index contributed by atoms with van der Waals surface area (Å²) in [7, 11) is 0. The van der Waals surface area contributed by atoms with Crippen LogP contribution in [0.3, 0.4) is 0 Å². The quantitative estimate of drug-likeness (QED) is 0.784. The molecule has 0 unspecified atom stereocenters. The van der Waals surface area contributed by atoms with Crippen molar-refractivity contribution in [2.24, 2.45) is 0 Å². The molecule has 94 valence electrons. The van der Waals surface area contributed by atoms with Crippen LogP contribution in [0.4, 0.5) is 8.78 Å². The molecule has 0 radical (unpaired) electrons. The number of aromatic nitrogens is 2. The van der Waals surface area contributed by atoms with E-state index in [0.29, 0.717) is 17.5 Å². The second-order valence-electron chi connectivity index (χ2n) is 4.28. The summed E-state index contributed by atoms with van der Waals surface area (Å²) in [5.41, 5.74) is 1.12. The molecule has 18 heavy (non-hydrogen) atoms. The second kappa shape index (κ2) is 4.68. The number of hydrogen-bond donors (Lipinski definition) is 0. The minimum Gasteiger partial charge on any atom is -0.298 e. The lowest BCUT2D eigenvalue weighted by Crippen LogP contribution is -2.00. The van der Waals surface area contributed by atoms with Gasteiger partial charge in [0.1, 0.15) is 11.5 Å². The fourth-order valence-corrected chi connectivity index (χ4v) is 1.73. The van der Waals surface area contributed by atoms with E-state index in [4.69, 9.17) is 0 Å². The molecule has 0 fully saturated rings. The first-order valence-electron chi connectivity index (χ1n) is 5.53. The first-order chi connectivity index (χ1) is 8.52. The lowest BCUT2D eigenvalue weighted by molar-refractivity contribution is 0.112. The lowest BCUT2D eigenvalue weighted by Gasteiger charge is -2.03. The maximum atomic E-state index is 13.6. The molecular weight excluding hydrogens is 238 g/mol. The summed E-state index contributed by atoms with van der Waals surface area (Å²) in [5, 5.41) is 4.16. The number of carbonyl (C=O) groups excluding carboxylic acids is 1. The molecule has 1 aromatic carbocycles. The summed E-state index contributed by atoms with van der Waals surface area (Å²) in [6, 6.07) is 3.22. The highest BCUT2D eigenvalue weighted by molar-refractivity contribution is 5.76. The van der Waals surface area contributed by atoms with Gasteiger partial charge < -0.3 is 0 Å². The SMILES string of the molecule is CC(C)c1nn(-c2ccc(F)cc2F)cc1C=O. The lowest BCUT2D eigenvalue weighted by atomic mass is 10.1. The van der Waals surface area contributed by atoms with Gasteiger partial charge in [-0.1, -0.05) is 13.8 Å². The van der Waals surface area contributed by atoms with E-state index in [1.807, 2.05) is 13.8 Å². The molecule has 0 saturated heterocycles. The zero-order valence-electron chi connectivity index (χ0n) is 10.0. The Balaban J connectivity index is 2.54. The molecule has 0 aliphatic heterocycles. The maximum Gasteiger partial charge on any atom is 0.153 e. The first kappa shape index (κ1) is 12.4. The van der Waals surface area contributed by atoms with E-state index in [1.54, 1.807) is 0 Å². The smallest absolute Gasteiger partial charge is 0.153 e. The average molecular weight is 250 g/mol. The van der Waals surface area contributed by atoms with E-state index < -0.39 is 11.6 Å². The van der Waals surface area contributed by atoms with Crippen LogP contribution in [0.1, 0.15) is 35.8 Å². The molecular formula is C13H12F2N2O. The van der Waals surface area contributed by atoms with Crippen LogP contribution in [-0.2, 0) is 0 Å². The largest absolute Gasteiger partial charge is 0.298 e. The van der Waals surface area contributed by atoms with Crippen molar-refractivity contribution in [1.82, 2.24) is 9.78 Å². The Labute approximate surface area is 103 Å². The predicted octanol–water partition coefficient (Wildman–Crippen LogP) is 3.09. The van der Waals surface area contributed by atoms with Gasteiger partial charge >= 0.3 is 0 Å². The summed E-state index contributed by atoms with van der Waals surface area (Å²) < 4.78 is 27.7. The van der Waals surface area contributed by atoms with Crippen molar-refractivity contribution in [1.29, 1.82) is 0 Å². The van der Waals surface area contributed by atoms with Crippen LogP contribution in [0.25, 0.3) is 5.69 Å². The number of rotatable bonds is 3. The van der Waals surface area contributed by atoms with Crippen LogP contribution in [0.15, 0.2) is 24.4 Å². The highest BCUT2D eigenvalue weighted by atomic mass is 19.1. The van der Waals surface area contributed by atoms with Gasteiger partial charge in [0.25, 0.3) is 0 Å². The topological polar surface area (TPSA) is 34.9 Å². The van der Waals surface area contributed by atoms with Gasteiger partial charge in [-0.25, -0.2) is 13.5 Å². The maximum absolute atomic E-state index is 13.6. The molecule has 0 aliphatic rings. The zero-order valence-corrected chi connectivity index (χ0v) is 10.0. The van der Waals surface area contributed by atoms with Crippen molar-refractivity contribution < 1.29 is 13.6 Å². The van der Waals surface area contributed by atoms with Gasteiger partial charge in [-0.05, 0) is 18.1 Å². The summed E-state index contributed by atoms with van der Waals surface area (Å²) in [6.07, 6.45) is 2.12. The molecule has 0 N–H and O–H groups in total. The highest BCUT2D eigenvalue weighted by Crippen LogP contribution is 2.20. The van der Waals surface area contributed by atoms with E-state index in [1.165, 1.54) is 16.9 Å². The Kier molecular flexibility index (Phi) is 3.23. The van der Waals surface area contributed by atoms with E-state index in [-0.39, 0.29) is 11.6 Å². The molecule has 2 aromatic rings. The third-order valence-electron chi connectivity index (χ3n) is 2.60. The fourth-order valence-electron chi connectivity index (χ4n) is 1.73. The third-order valence-corrected chi connectivity index (χ3v) is 2.60. The van der Waals surface area contributed by atoms with E-state index >= 15 is 0 Å². The van der Waals surface area contributed by atoms with E-state index in [0.717, 1.165) is 12.1 Å². The Morgan fingerprint density at radius 1 is 1.33 bits per heavy atom. The van der Waals surface area contributed by atoms with Crippen LogP contribution in [0.5, 0.6) is 0 Å². The van der Waals surface area contributed by atoms with Crippen LogP contribution in [-0.4, -0.2) is 16.1 Å². The van der Waals surface area contributed by atoms with Crippen LogP contribution in [0, 0.1) is 11.6 Å². The standard InChI is InChI=1S/C13H12F2N2O/c1-8(2)13-9(7-18)6-17(16-13)12-4-3-10(14)5-11(12)15/h3-8H,1-2H3. The number of aldehydes is 1. The number of carbonyl (C=O) groups is 1. The van der Waals surface area contributed by atoms with Crippen LogP contribution < -0.4 is 0 Å². The molecule has 0 aliphatic carbocycles. The van der Waals surface area contributed by atoms with Crippen molar-refractivity contribution in [3.63, 3.8) is 0 Å². The second-order valence-corrected chi connectivity index (χ2v) is 4.28. The van der Waals surface area contributed by atoms with Gasteiger partial charge in [-0.15, -0.1) is 0 Å². The molecule has 5 heteroatoms. The summed E-state index contributed by atoms with van der Waals surface area (Å²) in [5.74, 6) is -1.32.